The molecule has 4 nitrogen and oxygen atoms in total. The lowest BCUT2D eigenvalue weighted by atomic mass is 10.2. The van der Waals surface area contributed by atoms with E-state index < -0.39 is 0 Å². The van der Waals surface area contributed by atoms with Gasteiger partial charge in [0.15, 0.2) is 0 Å². The van der Waals surface area contributed by atoms with E-state index >= 15 is 0 Å². The Morgan fingerprint density at radius 3 is 2.57 bits per heavy atom. The Morgan fingerprint density at radius 2 is 1.95 bits per heavy atom. The van der Waals surface area contributed by atoms with Crippen LogP contribution in [0, 0.1) is 0 Å². The second kappa shape index (κ2) is 7.46. The maximum Gasteiger partial charge on any atom is 0.226 e. The molecule has 114 valence electrons. The molecule has 1 aliphatic rings. The van der Waals surface area contributed by atoms with Crippen molar-refractivity contribution in [3.63, 3.8) is 0 Å². The highest BCUT2D eigenvalue weighted by Crippen LogP contribution is 2.24. The Balaban J connectivity index is 1.87. The maximum atomic E-state index is 12.0. The van der Waals surface area contributed by atoms with Crippen molar-refractivity contribution in [3.8, 4) is 0 Å². The quantitative estimate of drug-likeness (QED) is 0.905. The molecule has 1 saturated carbocycles. The first-order chi connectivity index (χ1) is 10.1. The summed E-state index contributed by atoms with van der Waals surface area (Å²) in [5.74, 6) is -0.0696. The van der Waals surface area contributed by atoms with Crippen LogP contribution in [-0.2, 0) is 9.59 Å². The smallest absolute Gasteiger partial charge is 0.226 e. The van der Waals surface area contributed by atoms with Gasteiger partial charge in [-0.05, 0) is 25.0 Å². The number of rotatable bonds is 5. The van der Waals surface area contributed by atoms with Gasteiger partial charge >= 0.3 is 0 Å². The van der Waals surface area contributed by atoms with E-state index in [1.165, 1.54) is 12.8 Å². The van der Waals surface area contributed by atoms with Gasteiger partial charge in [-0.2, -0.15) is 0 Å². The van der Waals surface area contributed by atoms with Gasteiger partial charge in [0.2, 0.25) is 11.8 Å². The molecule has 0 radical (unpaired) electrons. The van der Waals surface area contributed by atoms with E-state index in [4.69, 9.17) is 11.6 Å². The van der Waals surface area contributed by atoms with E-state index in [2.05, 4.69) is 5.32 Å². The molecule has 5 heteroatoms. The summed E-state index contributed by atoms with van der Waals surface area (Å²) < 4.78 is 0. The predicted octanol–water partition coefficient (Wildman–Crippen LogP) is 3.46. The SMILES string of the molecule is CC(=O)N(CCC(=O)Nc1ccccc1Cl)C1CCCC1. The number of amides is 2. The molecule has 0 heterocycles. The molecular weight excluding hydrogens is 288 g/mol. The number of para-hydroxylation sites is 1. The zero-order chi connectivity index (χ0) is 15.2. The molecule has 0 atom stereocenters. The van der Waals surface area contributed by atoms with Crippen LogP contribution in [0.2, 0.25) is 5.02 Å². The van der Waals surface area contributed by atoms with Gasteiger partial charge in [0.25, 0.3) is 0 Å². The Morgan fingerprint density at radius 1 is 1.29 bits per heavy atom. The Kier molecular flexibility index (Phi) is 5.62. The molecule has 2 amide bonds. The minimum Gasteiger partial charge on any atom is -0.339 e. The van der Waals surface area contributed by atoms with Crippen molar-refractivity contribution in [2.24, 2.45) is 0 Å². The molecule has 0 spiro atoms. The fourth-order valence-electron chi connectivity index (χ4n) is 2.81. The largest absolute Gasteiger partial charge is 0.339 e. The van der Waals surface area contributed by atoms with Crippen molar-refractivity contribution in [1.82, 2.24) is 4.90 Å². The van der Waals surface area contributed by atoms with Crippen LogP contribution in [0.5, 0.6) is 0 Å². The molecule has 0 aliphatic heterocycles. The first kappa shape index (κ1) is 15.8. The molecule has 21 heavy (non-hydrogen) atoms. The Bertz CT molecular complexity index is 513. The predicted molar refractivity (Wildman–Crippen MR) is 84.3 cm³/mol. The standard InChI is InChI=1S/C16H21ClN2O2/c1-12(20)19(13-6-2-3-7-13)11-10-16(21)18-15-9-5-4-8-14(15)17/h4-5,8-9,13H,2-3,6-7,10-11H2,1H3,(H,18,21). The molecule has 1 aromatic carbocycles. The number of halogens is 1. The zero-order valence-electron chi connectivity index (χ0n) is 12.3. The summed E-state index contributed by atoms with van der Waals surface area (Å²) in [6.07, 6.45) is 4.72. The lowest BCUT2D eigenvalue weighted by Crippen LogP contribution is -2.39. The normalized spacial score (nSPS) is 15.0. The van der Waals surface area contributed by atoms with Gasteiger partial charge in [0.1, 0.15) is 0 Å². The van der Waals surface area contributed by atoms with Gasteiger partial charge in [0, 0.05) is 25.9 Å². The Hall–Kier alpha value is -1.55. The molecular formula is C16H21ClN2O2. The molecule has 1 N–H and O–H groups in total. The first-order valence-electron chi connectivity index (χ1n) is 7.39. The van der Waals surface area contributed by atoms with Crippen LogP contribution in [0.15, 0.2) is 24.3 Å². The van der Waals surface area contributed by atoms with Crippen molar-refractivity contribution in [3.05, 3.63) is 29.3 Å². The number of nitrogens with zero attached hydrogens (tertiary/aromatic N) is 1. The summed E-state index contributed by atoms with van der Waals surface area (Å²) >= 11 is 6.01. The fraction of sp³-hybridized carbons (Fsp3) is 0.500. The summed E-state index contributed by atoms with van der Waals surface area (Å²) in [7, 11) is 0. The summed E-state index contributed by atoms with van der Waals surface area (Å²) in [5.41, 5.74) is 0.611. The second-order valence-electron chi connectivity index (χ2n) is 5.43. The van der Waals surface area contributed by atoms with Gasteiger partial charge in [0.05, 0.1) is 10.7 Å². The third kappa shape index (κ3) is 4.46. The second-order valence-corrected chi connectivity index (χ2v) is 5.84. The summed E-state index contributed by atoms with van der Waals surface area (Å²) in [4.78, 5) is 25.6. The summed E-state index contributed by atoms with van der Waals surface area (Å²) in [6.45, 7) is 2.04. The molecule has 0 saturated heterocycles. The molecule has 1 aromatic rings. The summed E-state index contributed by atoms with van der Waals surface area (Å²) in [6, 6.07) is 7.44. The van der Waals surface area contributed by atoms with Crippen LogP contribution in [0.25, 0.3) is 0 Å². The Labute approximate surface area is 130 Å². The van der Waals surface area contributed by atoms with E-state index in [1.54, 1.807) is 19.1 Å². The van der Waals surface area contributed by atoms with Crippen LogP contribution in [0.3, 0.4) is 0 Å². The molecule has 2 rings (SSSR count). The van der Waals surface area contributed by atoms with Gasteiger partial charge in [-0.15, -0.1) is 0 Å². The fourth-order valence-corrected chi connectivity index (χ4v) is 2.99. The number of carbonyl (C=O) groups is 2. The van der Waals surface area contributed by atoms with Gasteiger partial charge in [-0.25, -0.2) is 0 Å². The average molecular weight is 309 g/mol. The van der Waals surface area contributed by atoms with Crippen LogP contribution >= 0.6 is 11.6 Å². The minimum absolute atomic E-state index is 0.0486. The number of hydrogen-bond acceptors (Lipinski definition) is 2. The minimum atomic E-state index is -0.118. The number of benzene rings is 1. The molecule has 0 aromatic heterocycles. The van der Waals surface area contributed by atoms with E-state index in [-0.39, 0.29) is 11.8 Å². The molecule has 0 unspecified atom stereocenters. The highest BCUT2D eigenvalue weighted by Gasteiger charge is 2.24. The van der Waals surface area contributed by atoms with Gasteiger partial charge < -0.3 is 10.2 Å². The van der Waals surface area contributed by atoms with E-state index in [0.29, 0.717) is 29.7 Å². The van der Waals surface area contributed by atoms with E-state index in [9.17, 15) is 9.59 Å². The van der Waals surface area contributed by atoms with Crippen molar-refractivity contribution in [2.45, 2.75) is 45.1 Å². The topological polar surface area (TPSA) is 49.4 Å². The van der Waals surface area contributed by atoms with Crippen molar-refractivity contribution >= 4 is 29.1 Å². The van der Waals surface area contributed by atoms with Crippen LogP contribution in [0.4, 0.5) is 5.69 Å². The van der Waals surface area contributed by atoms with Crippen LogP contribution in [0.1, 0.15) is 39.0 Å². The lowest BCUT2D eigenvalue weighted by Gasteiger charge is -2.27. The highest BCUT2D eigenvalue weighted by atomic mass is 35.5. The van der Waals surface area contributed by atoms with Crippen molar-refractivity contribution in [2.75, 3.05) is 11.9 Å². The summed E-state index contributed by atoms with van der Waals surface area (Å²) in [5, 5.41) is 3.30. The average Bonchev–Trinajstić information content (AvgIpc) is 2.95. The number of hydrogen-bond donors (Lipinski definition) is 1. The molecule has 1 aliphatic carbocycles. The van der Waals surface area contributed by atoms with Crippen LogP contribution in [-0.4, -0.2) is 29.3 Å². The maximum absolute atomic E-state index is 12.0. The first-order valence-corrected chi connectivity index (χ1v) is 7.77. The third-order valence-electron chi connectivity index (χ3n) is 3.90. The number of carbonyl (C=O) groups excluding carboxylic acids is 2. The number of anilines is 1. The molecule has 1 fully saturated rings. The van der Waals surface area contributed by atoms with Gasteiger partial charge in [-0.1, -0.05) is 36.6 Å². The van der Waals surface area contributed by atoms with Crippen molar-refractivity contribution < 1.29 is 9.59 Å². The van der Waals surface area contributed by atoms with Crippen LogP contribution < -0.4 is 5.32 Å². The lowest BCUT2D eigenvalue weighted by molar-refractivity contribution is -0.131. The highest BCUT2D eigenvalue weighted by molar-refractivity contribution is 6.33. The monoisotopic (exact) mass is 308 g/mol. The van der Waals surface area contributed by atoms with E-state index in [0.717, 1.165) is 12.8 Å². The molecule has 0 bridgehead atoms. The zero-order valence-corrected chi connectivity index (χ0v) is 13.0. The third-order valence-corrected chi connectivity index (χ3v) is 4.23. The van der Waals surface area contributed by atoms with E-state index in [1.807, 2.05) is 17.0 Å². The van der Waals surface area contributed by atoms with Gasteiger partial charge in [-0.3, -0.25) is 9.59 Å². The van der Waals surface area contributed by atoms with Crippen molar-refractivity contribution in [1.29, 1.82) is 0 Å². The number of nitrogens with one attached hydrogen (secondary N) is 1.